The van der Waals surface area contributed by atoms with Crippen LogP contribution in [0, 0.1) is 0 Å². The molecule has 0 saturated carbocycles. The van der Waals surface area contributed by atoms with Crippen LogP contribution in [0.25, 0.3) is 11.5 Å². The number of nitrogens with two attached hydrogens (primary N) is 1. The molecule has 2 N–H and O–H groups in total. The smallest absolute Gasteiger partial charge is 0.230 e. The highest BCUT2D eigenvalue weighted by Crippen LogP contribution is 2.32. The molecule has 1 aromatic carbocycles. The van der Waals surface area contributed by atoms with Gasteiger partial charge in [0.1, 0.15) is 17.8 Å². The first-order valence-electron chi connectivity index (χ1n) is 5.15. The second-order valence-corrected chi connectivity index (χ2v) is 3.41. The minimum absolute atomic E-state index is 0.343. The van der Waals surface area contributed by atoms with Crippen LogP contribution in [0.1, 0.15) is 5.69 Å². The van der Waals surface area contributed by atoms with Gasteiger partial charge in [-0.25, -0.2) is 4.98 Å². The second kappa shape index (κ2) is 4.88. The topological polar surface area (TPSA) is 70.5 Å². The van der Waals surface area contributed by atoms with Crippen molar-refractivity contribution in [3.05, 3.63) is 30.2 Å². The fourth-order valence-corrected chi connectivity index (χ4v) is 1.51. The van der Waals surface area contributed by atoms with Crippen LogP contribution in [-0.2, 0) is 6.54 Å². The van der Waals surface area contributed by atoms with E-state index < -0.39 is 0 Å². The van der Waals surface area contributed by atoms with Crippen molar-refractivity contribution in [1.82, 2.24) is 4.98 Å². The summed E-state index contributed by atoms with van der Waals surface area (Å²) in [7, 11) is 3.20. The van der Waals surface area contributed by atoms with Crippen LogP contribution < -0.4 is 15.2 Å². The molecule has 2 aromatic rings. The Morgan fingerprint density at radius 1 is 1.29 bits per heavy atom. The van der Waals surface area contributed by atoms with Crippen LogP contribution in [0.4, 0.5) is 0 Å². The summed E-state index contributed by atoms with van der Waals surface area (Å²) in [5, 5.41) is 0. The molecule has 0 aliphatic carbocycles. The Labute approximate surface area is 99.2 Å². The molecule has 1 heterocycles. The van der Waals surface area contributed by atoms with Gasteiger partial charge in [-0.15, -0.1) is 0 Å². The summed E-state index contributed by atoms with van der Waals surface area (Å²) < 4.78 is 15.8. The first-order valence-corrected chi connectivity index (χ1v) is 5.15. The summed E-state index contributed by atoms with van der Waals surface area (Å²) in [5.41, 5.74) is 6.93. The molecule has 0 saturated heterocycles. The molecule has 90 valence electrons. The molecule has 1 aromatic heterocycles. The Morgan fingerprint density at radius 3 is 2.71 bits per heavy atom. The van der Waals surface area contributed by atoms with Crippen molar-refractivity contribution in [3.63, 3.8) is 0 Å². The highest BCUT2D eigenvalue weighted by Gasteiger charge is 2.13. The molecule has 0 unspecified atom stereocenters. The number of rotatable bonds is 4. The Morgan fingerprint density at radius 2 is 2.12 bits per heavy atom. The van der Waals surface area contributed by atoms with E-state index in [4.69, 9.17) is 19.6 Å². The van der Waals surface area contributed by atoms with E-state index in [0.29, 0.717) is 29.6 Å². The third kappa shape index (κ3) is 2.24. The fraction of sp³-hybridized carbons (Fsp3) is 0.250. The molecule has 0 fully saturated rings. The van der Waals surface area contributed by atoms with Crippen molar-refractivity contribution in [1.29, 1.82) is 0 Å². The van der Waals surface area contributed by atoms with Gasteiger partial charge in [0, 0.05) is 6.54 Å². The SMILES string of the molecule is COc1ccc(OC)c(-c2nc(CN)co2)c1. The van der Waals surface area contributed by atoms with Crippen molar-refractivity contribution in [2.24, 2.45) is 5.73 Å². The zero-order chi connectivity index (χ0) is 12.3. The molecular formula is C12H14N2O3. The van der Waals surface area contributed by atoms with Crippen LogP contribution in [-0.4, -0.2) is 19.2 Å². The summed E-state index contributed by atoms with van der Waals surface area (Å²) in [5.74, 6) is 1.87. The molecule has 0 aliphatic rings. The first-order chi connectivity index (χ1) is 8.28. The lowest BCUT2D eigenvalue weighted by atomic mass is 10.2. The quantitative estimate of drug-likeness (QED) is 0.873. The molecule has 0 radical (unpaired) electrons. The van der Waals surface area contributed by atoms with Crippen LogP contribution in [0.3, 0.4) is 0 Å². The lowest BCUT2D eigenvalue weighted by molar-refractivity contribution is 0.403. The number of benzene rings is 1. The first kappa shape index (κ1) is 11.5. The average Bonchev–Trinajstić information content (AvgIpc) is 2.86. The standard InChI is InChI=1S/C12H14N2O3/c1-15-9-3-4-11(16-2)10(5-9)12-14-8(6-13)7-17-12/h3-5,7H,6,13H2,1-2H3. The maximum atomic E-state index is 5.49. The van der Waals surface area contributed by atoms with E-state index in [0.717, 1.165) is 5.56 Å². The maximum Gasteiger partial charge on any atom is 0.230 e. The number of nitrogens with zero attached hydrogens (tertiary/aromatic N) is 1. The van der Waals surface area contributed by atoms with Crippen molar-refractivity contribution in [2.45, 2.75) is 6.54 Å². The van der Waals surface area contributed by atoms with Crippen molar-refractivity contribution < 1.29 is 13.9 Å². The van der Waals surface area contributed by atoms with Gasteiger partial charge in [-0.1, -0.05) is 0 Å². The lowest BCUT2D eigenvalue weighted by Gasteiger charge is -2.07. The number of ether oxygens (including phenoxy) is 2. The van der Waals surface area contributed by atoms with E-state index >= 15 is 0 Å². The second-order valence-electron chi connectivity index (χ2n) is 3.41. The average molecular weight is 234 g/mol. The summed E-state index contributed by atoms with van der Waals surface area (Å²) in [6, 6.07) is 5.43. The molecule has 0 spiro atoms. The summed E-state index contributed by atoms with van der Waals surface area (Å²) >= 11 is 0. The summed E-state index contributed by atoms with van der Waals surface area (Å²) in [6.07, 6.45) is 1.54. The van der Waals surface area contributed by atoms with Crippen LogP contribution in [0.15, 0.2) is 28.9 Å². The van der Waals surface area contributed by atoms with Crippen molar-refractivity contribution in [3.8, 4) is 23.0 Å². The summed E-state index contributed by atoms with van der Waals surface area (Å²) in [4.78, 5) is 4.26. The minimum atomic E-state index is 0.343. The molecular weight excluding hydrogens is 220 g/mol. The van der Waals surface area contributed by atoms with Crippen LogP contribution >= 0.6 is 0 Å². The highest BCUT2D eigenvalue weighted by molar-refractivity contribution is 5.65. The molecule has 2 rings (SSSR count). The van der Waals surface area contributed by atoms with E-state index in [1.807, 2.05) is 12.1 Å². The molecule has 0 bridgehead atoms. The fourth-order valence-electron chi connectivity index (χ4n) is 1.51. The Hall–Kier alpha value is -2.01. The predicted molar refractivity (Wildman–Crippen MR) is 62.9 cm³/mol. The zero-order valence-electron chi connectivity index (χ0n) is 9.77. The lowest BCUT2D eigenvalue weighted by Crippen LogP contribution is -1.96. The van der Waals surface area contributed by atoms with Gasteiger partial charge in [-0.05, 0) is 18.2 Å². The van der Waals surface area contributed by atoms with E-state index in [9.17, 15) is 0 Å². The third-order valence-electron chi connectivity index (χ3n) is 2.40. The molecule has 5 heteroatoms. The van der Waals surface area contributed by atoms with Gasteiger partial charge in [-0.3, -0.25) is 0 Å². The number of hydrogen-bond donors (Lipinski definition) is 1. The van der Waals surface area contributed by atoms with Gasteiger partial charge in [-0.2, -0.15) is 0 Å². The normalized spacial score (nSPS) is 10.3. The van der Waals surface area contributed by atoms with Gasteiger partial charge < -0.3 is 19.6 Å². The van der Waals surface area contributed by atoms with E-state index in [1.54, 1.807) is 20.3 Å². The number of oxazole rings is 1. The van der Waals surface area contributed by atoms with Crippen molar-refractivity contribution in [2.75, 3.05) is 14.2 Å². The molecule has 0 atom stereocenters. The van der Waals surface area contributed by atoms with Gasteiger partial charge in [0.15, 0.2) is 0 Å². The largest absolute Gasteiger partial charge is 0.497 e. The predicted octanol–water partition coefficient (Wildman–Crippen LogP) is 1.82. The zero-order valence-corrected chi connectivity index (χ0v) is 9.77. The van der Waals surface area contributed by atoms with Gasteiger partial charge in [0.05, 0.1) is 25.5 Å². The molecule has 5 nitrogen and oxygen atoms in total. The van der Waals surface area contributed by atoms with Gasteiger partial charge >= 0.3 is 0 Å². The van der Waals surface area contributed by atoms with Crippen molar-refractivity contribution >= 4 is 0 Å². The minimum Gasteiger partial charge on any atom is -0.497 e. The van der Waals surface area contributed by atoms with E-state index in [2.05, 4.69) is 4.98 Å². The monoisotopic (exact) mass is 234 g/mol. The van der Waals surface area contributed by atoms with Crippen LogP contribution in [0.2, 0.25) is 0 Å². The third-order valence-corrected chi connectivity index (χ3v) is 2.40. The highest BCUT2D eigenvalue weighted by atomic mass is 16.5. The number of methoxy groups -OCH3 is 2. The Kier molecular flexibility index (Phi) is 3.30. The molecule has 0 aliphatic heterocycles. The van der Waals surface area contributed by atoms with E-state index in [-0.39, 0.29) is 0 Å². The molecule has 17 heavy (non-hydrogen) atoms. The van der Waals surface area contributed by atoms with Gasteiger partial charge in [0.2, 0.25) is 5.89 Å². The summed E-state index contributed by atoms with van der Waals surface area (Å²) in [6.45, 7) is 0.343. The number of hydrogen-bond acceptors (Lipinski definition) is 5. The van der Waals surface area contributed by atoms with Gasteiger partial charge in [0.25, 0.3) is 0 Å². The number of aromatic nitrogens is 1. The van der Waals surface area contributed by atoms with Crippen LogP contribution in [0.5, 0.6) is 11.5 Å². The van der Waals surface area contributed by atoms with E-state index in [1.165, 1.54) is 6.26 Å². The Bertz CT molecular complexity index is 508. The molecule has 0 amide bonds. The maximum absolute atomic E-state index is 5.49. The Balaban J connectivity index is 2.47.